The second kappa shape index (κ2) is 6.15. The molecular weight excluding hydrogens is 446 g/mol. The van der Waals surface area contributed by atoms with Gasteiger partial charge >= 0.3 is 0 Å². The highest BCUT2D eigenvalue weighted by Crippen LogP contribution is 2.50. The number of nitrogens with one attached hydrogen (secondary N) is 2. The number of benzene rings is 1. The van der Waals surface area contributed by atoms with Crippen molar-refractivity contribution in [3.8, 4) is 0 Å². The fourth-order valence-corrected chi connectivity index (χ4v) is 4.36. The van der Waals surface area contributed by atoms with Crippen LogP contribution in [-0.4, -0.2) is 26.6 Å². The summed E-state index contributed by atoms with van der Waals surface area (Å²) in [4.78, 5) is 29.9. The van der Waals surface area contributed by atoms with Gasteiger partial charge in [0, 0.05) is 28.3 Å². The summed E-state index contributed by atoms with van der Waals surface area (Å²) in [5.74, 6) is 0.0538. The van der Waals surface area contributed by atoms with Crippen LogP contribution < -0.4 is 10.6 Å². The highest BCUT2D eigenvalue weighted by atomic mass is 79.9. The van der Waals surface area contributed by atoms with Gasteiger partial charge in [-0.2, -0.15) is 5.10 Å². The van der Waals surface area contributed by atoms with Gasteiger partial charge < -0.3 is 10.6 Å². The maximum atomic E-state index is 13.1. The minimum Gasteiger partial charge on any atom is -0.325 e. The SMILES string of the molecule is O=C1CC2(C(=O)Nc3ccc(Br)cc32)c2cnn(Cc3ccc(Cl)cn3)c2N1. The predicted molar refractivity (Wildman–Crippen MR) is 107 cm³/mol. The third kappa shape index (κ3) is 2.48. The van der Waals surface area contributed by atoms with Crippen LogP contribution in [-0.2, 0) is 21.5 Å². The van der Waals surface area contributed by atoms with Crippen LogP contribution in [0.5, 0.6) is 0 Å². The van der Waals surface area contributed by atoms with E-state index in [0.717, 1.165) is 15.7 Å². The van der Waals surface area contributed by atoms with Crippen molar-refractivity contribution >= 4 is 50.9 Å². The van der Waals surface area contributed by atoms with Gasteiger partial charge in [-0.05, 0) is 35.9 Å². The molecule has 2 aromatic heterocycles. The largest absolute Gasteiger partial charge is 0.325 e. The number of fused-ring (bicyclic) bond motifs is 4. The number of hydrogen-bond donors (Lipinski definition) is 2. The Hall–Kier alpha value is -2.71. The van der Waals surface area contributed by atoms with Gasteiger partial charge in [0.1, 0.15) is 11.2 Å². The van der Waals surface area contributed by atoms with E-state index in [1.165, 1.54) is 0 Å². The van der Waals surface area contributed by atoms with Crippen LogP contribution in [0, 0.1) is 0 Å². The summed E-state index contributed by atoms with van der Waals surface area (Å²) in [5.41, 5.74) is 1.80. The first-order chi connectivity index (χ1) is 13.5. The van der Waals surface area contributed by atoms with E-state index >= 15 is 0 Å². The monoisotopic (exact) mass is 457 g/mol. The summed E-state index contributed by atoms with van der Waals surface area (Å²) in [7, 11) is 0. The number of nitrogens with zero attached hydrogens (tertiary/aromatic N) is 3. The Bertz CT molecular complexity index is 1140. The van der Waals surface area contributed by atoms with E-state index in [-0.39, 0.29) is 18.2 Å². The maximum absolute atomic E-state index is 13.1. The molecule has 0 radical (unpaired) electrons. The van der Waals surface area contributed by atoms with Gasteiger partial charge in [0.15, 0.2) is 0 Å². The van der Waals surface area contributed by atoms with Crippen LogP contribution in [0.15, 0.2) is 47.2 Å². The van der Waals surface area contributed by atoms with Crippen LogP contribution in [0.4, 0.5) is 11.5 Å². The zero-order valence-corrected chi connectivity index (χ0v) is 16.7. The molecule has 2 aliphatic heterocycles. The van der Waals surface area contributed by atoms with Gasteiger partial charge in [-0.15, -0.1) is 0 Å². The number of anilines is 2. The Kier molecular flexibility index (Phi) is 3.82. The molecular formula is C19H13BrClN5O2. The van der Waals surface area contributed by atoms with Gasteiger partial charge in [-0.25, -0.2) is 4.68 Å². The smallest absolute Gasteiger partial charge is 0.240 e. The molecule has 2 aliphatic rings. The van der Waals surface area contributed by atoms with Crippen LogP contribution in [0.25, 0.3) is 0 Å². The molecule has 2 amide bonds. The van der Waals surface area contributed by atoms with E-state index in [4.69, 9.17) is 11.6 Å². The summed E-state index contributed by atoms with van der Waals surface area (Å²) in [6.45, 7) is 0.343. The van der Waals surface area contributed by atoms with Gasteiger partial charge in [-0.1, -0.05) is 27.5 Å². The van der Waals surface area contributed by atoms with E-state index in [1.807, 2.05) is 18.2 Å². The molecule has 28 heavy (non-hydrogen) atoms. The summed E-state index contributed by atoms with van der Waals surface area (Å²) in [6, 6.07) is 9.12. The average molecular weight is 459 g/mol. The lowest BCUT2D eigenvalue weighted by atomic mass is 9.72. The Morgan fingerprint density at radius 2 is 2.00 bits per heavy atom. The molecule has 0 saturated carbocycles. The Morgan fingerprint density at radius 1 is 1.14 bits per heavy atom. The molecule has 3 aromatic rings. The number of amides is 2. The highest BCUT2D eigenvalue weighted by molar-refractivity contribution is 9.10. The van der Waals surface area contributed by atoms with Crippen molar-refractivity contribution < 1.29 is 9.59 Å². The van der Waals surface area contributed by atoms with Crippen molar-refractivity contribution in [2.24, 2.45) is 0 Å². The summed E-state index contributed by atoms with van der Waals surface area (Å²) >= 11 is 9.36. The first kappa shape index (κ1) is 17.4. The topological polar surface area (TPSA) is 88.9 Å². The maximum Gasteiger partial charge on any atom is 0.240 e. The van der Waals surface area contributed by atoms with E-state index in [1.54, 1.807) is 29.2 Å². The lowest BCUT2D eigenvalue weighted by Gasteiger charge is -2.31. The summed E-state index contributed by atoms with van der Waals surface area (Å²) < 4.78 is 2.49. The summed E-state index contributed by atoms with van der Waals surface area (Å²) in [6.07, 6.45) is 3.24. The van der Waals surface area contributed by atoms with Gasteiger partial charge in [0.2, 0.25) is 11.8 Å². The second-order valence-corrected chi connectivity index (χ2v) is 8.16. The molecule has 1 unspecified atom stereocenters. The third-order valence-electron chi connectivity index (χ3n) is 5.16. The number of carbonyl (C=O) groups excluding carboxylic acids is 2. The minimum absolute atomic E-state index is 0.0280. The quantitative estimate of drug-likeness (QED) is 0.616. The van der Waals surface area contributed by atoms with Crippen LogP contribution >= 0.6 is 27.5 Å². The average Bonchev–Trinajstić information content (AvgIpc) is 3.18. The minimum atomic E-state index is -1.09. The number of rotatable bonds is 2. The fraction of sp³-hybridized carbons (Fsp3) is 0.158. The zero-order valence-electron chi connectivity index (χ0n) is 14.4. The van der Waals surface area contributed by atoms with Gasteiger partial charge in [0.05, 0.1) is 23.5 Å². The molecule has 1 spiro atoms. The van der Waals surface area contributed by atoms with Crippen molar-refractivity contribution in [2.45, 2.75) is 18.4 Å². The Labute approximate surface area is 173 Å². The van der Waals surface area contributed by atoms with Gasteiger partial charge in [-0.3, -0.25) is 14.6 Å². The molecule has 7 nitrogen and oxygen atoms in total. The van der Waals surface area contributed by atoms with Crippen LogP contribution in [0.1, 0.15) is 23.2 Å². The van der Waals surface area contributed by atoms with E-state index < -0.39 is 5.41 Å². The molecule has 0 aliphatic carbocycles. The van der Waals surface area contributed by atoms with Crippen molar-refractivity contribution in [3.05, 3.63) is 69.0 Å². The van der Waals surface area contributed by atoms with Crippen molar-refractivity contribution in [2.75, 3.05) is 10.6 Å². The molecule has 5 rings (SSSR count). The van der Waals surface area contributed by atoms with Crippen molar-refractivity contribution in [1.82, 2.24) is 14.8 Å². The number of aromatic nitrogens is 3. The van der Waals surface area contributed by atoms with E-state index in [2.05, 4.69) is 36.6 Å². The predicted octanol–water partition coefficient (Wildman–Crippen LogP) is 3.32. The lowest BCUT2D eigenvalue weighted by Crippen LogP contribution is -2.43. The molecule has 140 valence electrons. The molecule has 4 heterocycles. The van der Waals surface area contributed by atoms with Crippen LogP contribution in [0.2, 0.25) is 5.02 Å². The standard InChI is InChI=1S/C19H13BrClN5O2/c20-10-1-4-15-13(5-10)19(18(28)24-15)6-16(27)25-17-14(19)8-23-26(17)9-12-3-2-11(21)7-22-12/h1-5,7-8H,6,9H2,(H,24,28)(H,25,27). The van der Waals surface area contributed by atoms with Gasteiger partial charge in [0.25, 0.3) is 0 Å². The highest BCUT2D eigenvalue weighted by Gasteiger charge is 2.54. The van der Waals surface area contributed by atoms with E-state index in [0.29, 0.717) is 28.6 Å². The molecule has 0 bridgehead atoms. The number of halogens is 2. The number of hydrogen-bond acceptors (Lipinski definition) is 4. The number of carbonyl (C=O) groups is 2. The van der Waals surface area contributed by atoms with E-state index in [9.17, 15) is 9.59 Å². The van der Waals surface area contributed by atoms with Crippen LogP contribution in [0.3, 0.4) is 0 Å². The molecule has 0 saturated heterocycles. The zero-order chi connectivity index (χ0) is 19.5. The lowest BCUT2D eigenvalue weighted by molar-refractivity contribution is -0.125. The summed E-state index contributed by atoms with van der Waals surface area (Å²) in [5, 5.41) is 10.8. The first-order valence-electron chi connectivity index (χ1n) is 8.55. The second-order valence-electron chi connectivity index (χ2n) is 6.81. The van der Waals surface area contributed by atoms with Crippen molar-refractivity contribution in [1.29, 1.82) is 0 Å². The normalized spacial score (nSPS) is 19.9. The molecule has 0 fully saturated rings. The fourth-order valence-electron chi connectivity index (χ4n) is 3.89. The number of pyridine rings is 1. The van der Waals surface area contributed by atoms with Crippen molar-refractivity contribution in [3.63, 3.8) is 0 Å². The Balaban J connectivity index is 1.65. The Morgan fingerprint density at radius 3 is 2.79 bits per heavy atom. The molecule has 2 N–H and O–H groups in total. The first-order valence-corrected chi connectivity index (χ1v) is 9.72. The molecule has 1 aromatic carbocycles. The molecule has 1 atom stereocenters. The third-order valence-corrected chi connectivity index (χ3v) is 5.88. The molecule has 9 heteroatoms.